The van der Waals surface area contributed by atoms with Crippen LogP contribution in [0.2, 0.25) is 0 Å². The van der Waals surface area contributed by atoms with Gasteiger partial charge in [0.2, 0.25) is 15.9 Å². The highest BCUT2D eigenvalue weighted by Gasteiger charge is 2.38. The van der Waals surface area contributed by atoms with E-state index in [-0.39, 0.29) is 24.4 Å². The standard InChI is InChI=1S/C18H21N3O6S2/c1-19-18(22)17-10-14-7-8-16(20-29(25,26)27)9-15(14)11-21(17)28(23,24)12-13-5-3-2-4-6-13/h2-9,17,20H,10-12H2,1H3,(H,19,22)(H,25,26,27). The maximum Gasteiger partial charge on any atom is 0.357 e. The third-order valence-electron chi connectivity index (χ3n) is 4.64. The Morgan fingerprint density at radius 2 is 1.79 bits per heavy atom. The summed E-state index contributed by atoms with van der Waals surface area (Å²) < 4.78 is 60.4. The zero-order valence-electron chi connectivity index (χ0n) is 15.6. The van der Waals surface area contributed by atoms with Crippen molar-refractivity contribution in [2.75, 3.05) is 11.8 Å². The molecule has 2 aromatic rings. The van der Waals surface area contributed by atoms with Crippen molar-refractivity contribution in [3.05, 3.63) is 65.2 Å². The monoisotopic (exact) mass is 439 g/mol. The van der Waals surface area contributed by atoms with Crippen molar-refractivity contribution in [3.63, 3.8) is 0 Å². The zero-order chi connectivity index (χ0) is 21.2. The second kappa shape index (κ2) is 8.11. The number of nitrogens with one attached hydrogen (secondary N) is 2. The average molecular weight is 440 g/mol. The van der Waals surface area contributed by atoms with E-state index in [1.165, 1.54) is 19.2 Å². The highest BCUT2D eigenvalue weighted by molar-refractivity contribution is 7.88. The maximum absolute atomic E-state index is 13.1. The van der Waals surface area contributed by atoms with E-state index in [0.29, 0.717) is 11.1 Å². The van der Waals surface area contributed by atoms with Crippen LogP contribution in [0.25, 0.3) is 0 Å². The van der Waals surface area contributed by atoms with Gasteiger partial charge in [0, 0.05) is 13.6 Å². The van der Waals surface area contributed by atoms with Crippen LogP contribution in [-0.2, 0) is 43.8 Å². The Morgan fingerprint density at radius 1 is 1.10 bits per heavy atom. The lowest BCUT2D eigenvalue weighted by atomic mass is 9.95. The number of nitrogens with zero attached hydrogens (tertiary/aromatic N) is 1. The van der Waals surface area contributed by atoms with Gasteiger partial charge in [-0.3, -0.25) is 14.1 Å². The molecule has 2 aromatic carbocycles. The molecule has 3 N–H and O–H groups in total. The number of carbonyl (C=O) groups is 1. The highest BCUT2D eigenvalue weighted by atomic mass is 32.2. The number of sulfonamides is 1. The van der Waals surface area contributed by atoms with E-state index in [1.54, 1.807) is 36.4 Å². The lowest BCUT2D eigenvalue weighted by Crippen LogP contribution is -2.52. The fourth-order valence-corrected chi connectivity index (χ4v) is 5.42. The Kier molecular flexibility index (Phi) is 5.94. The fraction of sp³-hybridized carbons (Fsp3) is 0.278. The van der Waals surface area contributed by atoms with E-state index in [0.717, 1.165) is 9.87 Å². The molecular weight excluding hydrogens is 418 g/mol. The molecule has 0 aromatic heterocycles. The molecule has 0 fully saturated rings. The molecule has 0 saturated heterocycles. The van der Waals surface area contributed by atoms with E-state index < -0.39 is 32.3 Å². The van der Waals surface area contributed by atoms with Crippen LogP contribution in [0.4, 0.5) is 5.69 Å². The third-order valence-corrected chi connectivity index (χ3v) is 6.93. The molecule has 1 aliphatic heterocycles. The number of anilines is 1. The van der Waals surface area contributed by atoms with Crippen molar-refractivity contribution in [1.29, 1.82) is 0 Å². The summed E-state index contributed by atoms with van der Waals surface area (Å²) in [5, 5.41) is 2.50. The van der Waals surface area contributed by atoms with Crippen LogP contribution in [0.15, 0.2) is 48.5 Å². The lowest BCUT2D eigenvalue weighted by molar-refractivity contribution is -0.124. The number of amides is 1. The van der Waals surface area contributed by atoms with E-state index >= 15 is 0 Å². The van der Waals surface area contributed by atoms with Crippen LogP contribution in [0.3, 0.4) is 0 Å². The Hall–Kier alpha value is -2.47. The van der Waals surface area contributed by atoms with Crippen molar-refractivity contribution >= 4 is 31.9 Å². The Labute approximate surface area is 169 Å². The molecule has 29 heavy (non-hydrogen) atoms. The summed E-state index contributed by atoms with van der Waals surface area (Å²) >= 11 is 0. The number of hydrogen-bond acceptors (Lipinski definition) is 5. The van der Waals surface area contributed by atoms with Gasteiger partial charge in [0.15, 0.2) is 0 Å². The van der Waals surface area contributed by atoms with Crippen LogP contribution in [0.1, 0.15) is 16.7 Å². The molecule has 1 atom stereocenters. The van der Waals surface area contributed by atoms with Gasteiger partial charge in [-0.1, -0.05) is 36.4 Å². The van der Waals surface area contributed by atoms with Crippen molar-refractivity contribution in [2.24, 2.45) is 0 Å². The van der Waals surface area contributed by atoms with Gasteiger partial charge in [-0.25, -0.2) is 8.42 Å². The number of carbonyl (C=O) groups excluding carboxylic acids is 1. The second-order valence-corrected chi connectivity index (χ2v) is 9.76. The summed E-state index contributed by atoms with van der Waals surface area (Å²) in [4.78, 5) is 12.4. The van der Waals surface area contributed by atoms with Gasteiger partial charge in [0.05, 0.1) is 11.4 Å². The molecule has 11 heteroatoms. The van der Waals surface area contributed by atoms with Gasteiger partial charge in [-0.05, 0) is 35.2 Å². The molecule has 1 unspecified atom stereocenters. The van der Waals surface area contributed by atoms with Crippen LogP contribution in [0.5, 0.6) is 0 Å². The first-order valence-electron chi connectivity index (χ1n) is 8.71. The number of likely N-dealkylation sites (N-methyl/N-ethyl adjacent to an activating group) is 1. The summed E-state index contributed by atoms with van der Waals surface area (Å²) in [5.41, 5.74) is 1.97. The van der Waals surface area contributed by atoms with Gasteiger partial charge in [0.25, 0.3) is 0 Å². The summed E-state index contributed by atoms with van der Waals surface area (Å²) in [7, 11) is -6.86. The topological polar surface area (TPSA) is 133 Å². The van der Waals surface area contributed by atoms with E-state index in [4.69, 9.17) is 4.55 Å². The Bertz CT molecular complexity index is 1120. The van der Waals surface area contributed by atoms with Crippen LogP contribution in [-0.4, -0.2) is 44.7 Å². The van der Waals surface area contributed by atoms with Gasteiger partial charge in [-0.15, -0.1) is 0 Å². The largest absolute Gasteiger partial charge is 0.358 e. The normalized spacial score (nSPS) is 17.4. The van der Waals surface area contributed by atoms with Crippen molar-refractivity contribution < 1.29 is 26.2 Å². The average Bonchev–Trinajstić information content (AvgIpc) is 2.65. The maximum atomic E-state index is 13.1. The molecule has 0 spiro atoms. The van der Waals surface area contributed by atoms with Crippen LogP contribution < -0.4 is 10.0 Å². The molecule has 0 bridgehead atoms. The van der Waals surface area contributed by atoms with E-state index in [9.17, 15) is 21.6 Å². The van der Waals surface area contributed by atoms with Crippen LogP contribution >= 0.6 is 0 Å². The lowest BCUT2D eigenvalue weighted by Gasteiger charge is -2.35. The Balaban J connectivity index is 1.97. The van der Waals surface area contributed by atoms with E-state index in [2.05, 4.69) is 5.32 Å². The molecule has 9 nitrogen and oxygen atoms in total. The molecule has 1 heterocycles. The predicted octanol–water partition coefficient (Wildman–Crippen LogP) is 0.904. The molecule has 3 rings (SSSR count). The molecule has 1 amide bonds. The first-order chi connectivity index (χ1) is 13.6. The summed E-state index contributed by atoms with van der Waals surface area (Å²) in [6.45, 7) is -0.0937. The fourth-order valence-electron chi connectivity index (χ4n) is 3.32. The number of hydrogen-bond donors (Lipinski definition) is 3. The van der Waals surface area contributed by atoms with Gasteiger partial charge >= 0.3 is 10.3 Å². The molecular formula is C18H21N3O6S2. The molecule has 0 saturated carbocycles. The Morgan fingerprint density at radius 3 is 2.41 bits per heavy atom. The van der Waals surface area contributed by atoms with Crippen LogP contribution in [0, 0.1) is 0 Å². The third kappa shape index (κ3) is 5.12. The number of fused-ring (bicyclic) bond motifs is 1. The van der Waals surface area contributed by atoms with Gasteiger partial charge in [-0.2, -0.15) is 12.7 Å². The summed E-state index contributed by atoms with van der Waals surface area (Å²) in [6.07, 6.45) is 0.148. The van der Waals surface area contributed by atoms with Gasteiger partial charge < -0.3 is 5.32 Å². The van der Waals surface area contributed by atoms with Crippen molar-refractivity contribution in [3.8, 4) is 0 Å². The van der Waals surface area contributed by atoms with Crippen molar-refractivity contribution in [1.82, 2.24) is 9.62 Å². The quantitative estimate of drug-likeness (QED) is 0.573. The molecule has 0 radical (unpaired) electrons. The number of benzene rings is 2. The summed E-state index contributed by atoms with van der Waals surface area (Å²) in [5.74, 6) is -0.688. The second-order valence-electron chi connectivity index (χ2n) is 6.68. The number of rotatable bonds is 6. The van der Waals surface area contributed by atoms with Gasteiger partial charge in [0.1, 0.15) is 6.04 Å². The van der Waals surface area contributed by atoms with E-state index in [1.807, 2.05) is 4.72 Å². The molecule has 0 aliphatic carbocycles. The minimum absolute atomic E-state index is 0.0937. The minimum atomic E-state index is -4.46. The minimum Gasteiger partial charge on any atom is -0.358 e. The molecule has 1 aliphatic rings. The SMILES string of the molecule is CNC(=O)C1Cc2ccc(NS(=O)(=O)O)cc2CN1S(=O)(=O)Cc1ccccc1. The smallest absolute Gasteiger partial charge is 0.357 e. The first-order valence-corrected chi connectivity index (χ1v) is 11.8. The zero-order valence-corrected chi connectivity index (χ0v) is 17.2. The first kappa shape index (κ1) is 21.2. The highest BCUT2D eigenvalue weighted by Crippen LogP contribution is 2.29. The molecule has 156 valence electrons. The summed E-state index contributed by atoms with van der Waals surface area (Å²) in [6, 6.07) is 12.2. The van der Waals surface area contributed by atoms with Crippen molar-refractivity contribution in [2.45, 2.75) is 24.8 Å². The predicted molar refractivity (Wildman–Crippen MR) is 108 cm³/mol.